The number of hydrogen-bond acceptors (Lipinski definition) is 2. The van der Waals surface area contributed by atoms with E-state index in [0.717, 1.165) is 31.2 Å². The number of allylic oxidation sites excluding steroid dienone is 1. The first-order chi connectivity index (χ1) is 11.2. The average Bonchev–Trinajstić information content (AvgIpc) is 2.58. The molecule has 2 aromatic rings. The second kappa shape index (κ2) is 7.28. The van der Waals surface area contributed by atoms with E-state index in [4.69, 9.17) is 4.74 Å². The quantitative estimate of drug-likeness (QED) is 0.443. The molecule has 118 valence electrons. The van der Waals surface area contributed by atoms with E-state index in [0.29, 0.717) is 11.7 Å². The molecule has 0 spiro atoms. The zero-order valence-corrected chi connectivity index (χ0v) is 13.5. The Morgan fingerprint density at radius 2 is 1.65 bits per heavy atom. The van der Waals surface area contributed by atoms with Crippen LogP contribution in [0.15, 0.2) is 66.2 Å². The third-order valence-corrected chi connectivity index (χ3v) is 4.46. The van der Waals surface area contributed by atoms with Crippen molar-refractivity contribution in [1.29, 1.82) is 0 Å². The van der Waals surface area contributed by atoms with Crippen LogP contribution in [-0.2, 0) is 4.79 Å². The Hall–Kier alpha value is -2.35. The monoisotopic (exact) mass is 306 g/mol. The highest BCUT2D eigenvalue weighted by Crippen LogP contribution is 2.35. The molecule has 1 aliphatic rings. The van der Waals surface area contributed by atoms with Crippen molar-refractivity contribution in [2.75, 3.05) is 0 Å². The second-order valence-electron chi connectivity index (χ2n) is 6.22. The topological polar surface area (TPSA) is 26.3 Å². The summed E-state index contributed by atoms with van der Waals surface area (Å²) >= 11 is 0. The van der Waals surface area contributed by atoms with Crippen molar-refractivity contribution in [2.24, 2.45) is 0 Å². The van der Waals surface area contributed by atoms with E-state index in [1.807, 2.05) is 31.2 Å². The Morgan fingerprint density at radius 3 is 2.30 bits per heavy atom. The van der Waals surface area contributed by atoms with Crippen LogP contribution in [0.2, 0.25) is 0 Å². The van der Waals surface area contributed by atoms with Crippen LogP contribution in [0.4, 0.5) is 0 Å². The largest absolute Gasteiger partial charge is 0.423 e. The molecule has 0 aliphatic heterocycles. The van der Waals surface area contributed by atoms with E-state index in [-0.39, 0.29) is 5.97 Å². The lowest BCUT2D eigenvalue weighted by Gasteiger charge is -2.24. The van der Waals surface area contributed by atoms with Gasteiger partial charge in [-0.05, 0) is 56.2 Å². The van der Waals surface area contributed by atoms with E-state index in [9.17, 15) is 4.79 Å². The van der Waals surface area contributed by atoms with Gasteiger partial charge in [0, 0.05) is 6.08 Å². The summed E-state index contributed by atoms with van der Waals surface area (Å²) in [5.74, 6) is 0.957. The first-order valence-corrected chi connectivity index (χ1v) is 8.23. The van der Waals surface area contributed by atoms with Crippen molar-refractivity contribution in [3.8, 4) is 5.75 Å². The number of esters is 1. The van der Waals surface area contributed by atoms with Crippen LogP contribution in [-0.4, -0.2) is 5.97 Å². The Balaban J connectivity index is 1.55. The van der Waals surface area contributed by atoms with Crippen molar-refractivity contribution in [3.05, 3.63) is 77.4 Å². The molecule has 0 saturated heterocycles. The minimum atomic E-state index is -0.262. The van der Waals surface area contributed by atoms with Crippen molar-refractivity contribution in [3.63, 3.8) is 0 Å². The molecule has 2 aromatic carbocycles. The number of rotatable bonds is 3. The van der Waals surface area contributed by atoms with Gasteiger partial charge in [-0.15, -0.1) is 0 Å². The lowest BCUT2D eigenvalue weighted by molar-refractivity contribution is -0.129. The normalized spacial score (nSPS) is 17.6. The number of carbonyl (C=O) groups is 1. The fraction of sp³-hybridized carbons (Fsp3) is 0.286. The number of ether oxygens (including phenoxy) is 1. The molecule has 0 aromatic heterocycles. The molecule has 23 heavy (non-hydrogen) atoms. The number of benzene rings is 2. The van der Waals surface area contributed by atoms with Gasteiger partial charge < -0.3 is 4.74 Å². The van der Waals surface area contributed by atoms with Gasteiger partial charge >= 0.3 is 5.97 Å². The molecule has 0 heterocycles. The molecule has 1 saturated carbocycles. The minimum Gasteiger partial charge on any atom is -0.423 e. The van der Waals surface area contributed by atoms with Crippen molar-refractivity contribution >= 4 is 5.97 Å². The highest BCUT2D eigenvalue weighted by Gasteiger charge is 2.18. The van der Waals surface area contributed by atoms with Crippen LogP contribution >= 0.6 is 0 Å². The summed E-state index contributed by atoms with van der Waals surface area (Å²) < 4.78 is 5.37. The molecule has 0 amide bonds. The predicted octanol–water partition coefficient (Wildman–Crippen LogP) is 5.18. The standard InChI is InChI=1S/C21H22O2/c1-16-7-13-20(14-8-16)23-21(22)15-17-9-11-19(12-10-17)18-5-3-2-4-6-18/h2-8,13-15,19H,9-12H2,1H3. The summed E-state index contributed by atoms with van der Waals surface area (Å²) in [6.45, 7) is 2.01. The van der Waals surface area contributed by atoms with Crippen LogP contribution in [0, 0.1) is 6.92 Å². The first-order valence-electron chi connectivity index (χ1n) is 8.23. The van der Waals surface area contributed by atoms with Crippen LogP contribution in [0.25, 0.3) is 0 Å². The Labute approximate surface area is 137 Å². The molecule has 3 rings (SSSR count). The van der Waals surface area contributed by atoms with E-state index >= 15 is 0 Å². The molecule has 0 atom stereocenters. The molecule has 1 fully saturated rings. The van der Waals surface area contributed by atoms with E-state index in [1.54, 1.807) is 6.08 Å². The molecule has 0 N–H and O–H groups in total. The first kappa shape index (κ1) is 15.5. The van der Waals surface area contributed by atoms with Gasteiger partial charge in [0.05, 0.1) is 0 Å². The van der Waals surface area contributed by atoms with Gasteiger partial charge in [0.2, 0.25) is 0 Å². The van der Waals surface area contributed by atoms with E-state index < -0.39 is 0 Å². The summed E-state index contributed by atoms with van der Waals surface area (Å²) in [5.41, 5.74) is 3.77. The summed E-state index contributed by atoms with van der Waals surface area (Å²) in [6.07, 6.45) is 5.84. The van der Waals surface area contributed by atoms with Crippen LogP contribution in [0.5, 0.6) is 5.75 Å². The SMILES string of the molecule is Cc1ccc(OC(=O)C=C2CCC(c3ccccc3)CC2)cc1. The van der Waals surface area contributed by atoms with E-state index in [1.165, 1.54) is 11.1 Å². The van der Waals surface area contributed by atoms with E-state index in [2.05, 4.69) is 30.3 Å². The molecular formula is C21H22O2. The van der Waals surface area contributed by atoms with Crippen LogP contribution < -0.4 is 4.74 Å². The Bertz CT molecular complexity index is 674. The van der Waals surface area contributed by atoms with Crippen molar-refractivity contribution in [1.82, 2.24) is 0 Å². The van der Waals surface area contributed by atoms with Gasteiger partial charge in [-0.25, -0.2) is 4.79 Å². The van der Waals surface area contributed by atoms with Gasteiger partial charge in [-0.1, -0.05) is 53.6 Å². The minimum absolute atomic E-state index is 0.262. The summed E-state index contributed by atoms with van der Waals surface area (Å²) in [4.78, 5) is 12.0. The molecule has 1 aliphatic carbocycles. The van der Waals surface area contributed by atoms with Gasteiger partial charge in [0.15, 0.2) is 0 Å². The summed E-state index contributed by atoms with van der Waals surface area (Å²) in [7, 11) is 0. The summed E-state index contributed by atoms with van der Waals surface area (Å²) in [6, 6.07) is 18.2. The molecule has 2 nitrogen and oxygen atoms in total. The average molecular weight is 306 g/mol. The van der Waals surface area contributed by atoms with Crippen molar-refractivity contribution < 1.29 is 9.53 Å². The fourth-order valence-corrected chi connectivity index (χ4v) is 3.11. The van der Waals surface area contributed by atoms with Gasteiger partial charge in [0.1, 0.15) is 5.75 Å². The number of hydrogen-bond donors (Lipinski definition) is 0. The zero-order valence-electron chi connectivity index (χ0n) is 13.5. The van der Waals surface area contributed by atoms with Crippen molar-refractivity contribution in [2.45, 2.75) is 38.5 Å². The lowest BCUT2D eigenvalue weighted by atomic mass is 9.81. The summed E-state index contributed by atoms with van der Waals surface area (Å²) in [5, 5.41) is 0. The molecule has 2 heteroatoms. The van der Waals surface area contributed by atoms with Crippen LogP contribution in [0.1, 0.15) is 42.7 Å². The molecule has 0 radical (unpaired) electrons. The Kier molecular flexibility index (Phi) is 4.92. The molecule has 0 unspecified atom stereocenters. The fourth-order valence-electron chi connectivity index (χ4n) is 3.11. The maximum atomic E-state index is 12.0. The third kappa shape index (κ3) is 4.32. The molecule has 0 bridgehead atoms. The van der Waals surface area contributed by atoms with Gasteiger partial charge in [-0.2, -0.15) is 0 Å². The predicted molar refractivity (Wildman–Crippen MR) is 92.5 cm³/mol. The van der Waals surface area contributed by atoms with Gasteiger partial charge in [0.25, 0.3) is 0 Å². The highest BCUT2D eigenvalue weighted by atomic mass is 16.5. The van der Waals surface area contributed by atoms with Crippen LogP contribution in [0.3, 0.4) is 0 Å². The van der Waals surface area contributed by atoms with Gasteiger partial charge in [-0.3, -0.25) is 0 Å². The number of aryl methyl sites for hydroxylation is 1. The lowest BCUT2D eigenvalue weighted by Crippen LogP contribution is -2.10. The molecular weight excluding hydrogens is 284 g/mol. The smallest absolute Gasteiger partial charge is 0.336 e. The zero-order chi connectivity index (χ0) is 16.1. The third-order valence-electron chi connectivity index (χ3n) is 4.46. The maximum Gasteiger partial charge on any atom is 0.336 e. The Morgan fingerprint density at radius 1 is 1.00 bits per heavy atom. The number of carbonyl (C=O) groups excluding carboxylic acids is 1. The second-order valence-corrected chi connectivity index (χ2v) is 6.22. The maximum absolute atomic E-state index is 12.0. The highest BCUT2D eigenvalue weighted by molar-refractivity contribution is 5.84.